The second kappa shape index (κ2) is 6.21. The molecule has 1 aromatic carbocycles. The highest BCUT2D eigenvalue weighted by Crippen LogP contribution is 2.16. The number of furan rings is 1. The quantitative estimate of drug-likeness (QED) is 0.855. The fraction of sp³-hybridized carbons (Fsp3) is 0.286. The van der Waals surface area contributed by atoms with Crippen molar-refractivity contribution in [1.82, 2.24) is 10.0 Å². The average Bonchev–Trinajstić information content (AvgIpc) is 2.95. The third kappa shape index (κ3) is 3.47. The second-order valence-corrected chi connectivity index (χ2v) is 6.26. The molecule has 5 nitrogen and oxygen atoms in total. The molecule has 108 valence electrons. The Morgan fingerprint density at radius 1 is 1.15 bits per heavy atom. The van der Waals surface area contributed by atoms with Gasteiger partial charge in [0.1, 0.15) is 5.76 Å². The molecule has 1 heterocycles. The summed E-state index contributed by atoms with van der Waals surface area (Å²) >= 11 is 0. The van der Waals surface area contributed by atoms with Crippen LogP contribution in [0.4, 0.5) is 0 Å². The fourth-order valence-corrected chi connectivity index (χ4v) is 2.48. The molecular weight excluding hydrogens is 276 g/mol. The van der Waals surface area contributed by atoms with Crippen LogP contribution in [0.3, 0.4) is 0 Å². The van der Waals surface area contributed by atoms with Gasteiger partial charge in [-0.2, -0.15) is 0 Å². The summed E-state index contributed by atoms with van der Waals surface area (Å²) in [7, 11) is -2.16. The zero-order valence-corrected chi connectivity index (χ0v) is 12.3. The number of hydrogen-bond donors (Lipinski definition) is 2. The first-order valence-corrected chi connectivity index (χ1v) is 7.82. The van der Waals surface area contributed by atoms with E-state index in [-0.39, 0.29) is 11.1 Å². The van der Waals surface area contributed by atoms with Crippen LogP contribution in [0.15, 0.2) is 52.0 Å². The molecule has 1 atom stereocenters. The van der Waals surface area contributed by atoms with Crippen molar-refractivity contribution in [2.24, 2.45) is 0 Å². The Labute approximate surface area is 119 Å². The van der Waals surface area contributed by atoms with Crippen LogP contribution < -0.4 is 10.0 Å². The van der Waals surface area contributed by atoms with Crippen LogP contribution in [-0.4, -0.2) is 15.5 Å². The Bertz CT molecular complexity index is 650. The monoisotopic (exact) mass is 294 g/mol. The van der Waals surface area contributed by atoms with Gasteiger partial charge in [-0.25, -0.2) is 13.1 Å². The van der Waals surface area contributed by atoms with Gasteiger partial charge < -0.3 is 9.73 Å². The molecule has 6 heteroatoms. The van der Waals surface area contributed by atoms with E-state index in [4.69, 9.17) is 4.42 Å². The summed E-state index contributed by atoms with van der Waals surface area (Å²) in [5, 5.41) is 3.22. The minimum Gasteiger partial charge on any atom is -0.447 e. The van der Waals surface area contributed by atoms with E-state index < -0.39 is 10.0 Å². The van der Waals surface area contributed by atoms with E-state index in [1.54, 1.807) is 6.07 Å². The maximum Gasteiger partial charge on any atom is 0.273 e. The number of sulfonamides is 1. The van der Waals surface area contributed by atoms with Crippen molar-refractivity contribution >= 4 is 10.0 Å². The largest absolute Gasteiger partial charge is 0.447 e. The summed E-state index contributed by atoms with van der Waals surface area (Å²) in [5.41, 5.74) is 1.17. The lowest BCUT2D eigenvalue weighted by Crippen LogP contribution is -2.18. The molecule has 0 saturated heterocycles. The van der Waals surface area contributed by atoms with Crippen molar-refractivity contribution in [3.8, 4) is 0 Å². The van der Waals surface area contributed by atoms with Crippen molar-refractivity contribution in [1.29, 1.82) is 0 Å². The van der Waals surface area contributed by atoms with E-state index in [0.717, 1.165) is 0 Å². The van der Waals surface area contributed by atoms with Gasteiger partial charge in [-0.05, 0) is 31.7 Å². The van der Waals surface area contributed by atoms with Crippen molar-refractivity contribution in [3.63, 3.8) is 0 Å². The molecule has 0 saturated carbocycles. The van der Waals surface area contributed by atoms with Gasteiger partial charge in [0.25, 0.3) is 10.0 Å². The van der Waals surface area contributed by atoms with Gasteiger partial charge in [-0.15, -0.1) is 0 Å². The smallest absolute Gasteiger partial charge is 0.273 e. The molecule has 20 heavy (non-hydrogen) atoms. The molecule has 1 unspecified atom stereocenters. The van der Waals surface area contributed by atoms with Gasteiger partial charge in [-0.1, -0.05) is 30.3 Å². The predicted molar refractivity (Wildman–Crippen MR) is 76.7 cm³/mol. The second-order valence-electron chi connectivity index (χ2n) is 4.44. The van der Waals surface area contributed by atoms with Crippen LogP contribution in [0, 0.1) is 0 Å². The first kappa shape index (κ1) is 14.8. The van der Waals surface area contributed by atoms with Gasteiger partial charge in [0, 0.05) is 6.04 Å². The van der Waals surface area contributed by atoms with Crippen molar-refractivity contribution in [2.75, 3.05) is 7.05 Å². The zero-order chi connectivity index (χ0) is 14.6. The fourth-order valence-electron chi connectivity index (χ4n) is 1.81. The topological polar surface area (TPSA) is 71.3 Å². The Balaban J connectivity index is 1.99. The molecule has 2 N–H and O–H groups in total. The molecule has 0 bridgehead atoms. The van der Waals surface area contributed by atoms with Crippen LogP contribution in [0.25, 0.3) is 0 Å². The van der Waals surface area contributed by atoms with Crippen LogP contribution in [0.5, 0.6) is 0 Å². The van der Waals surface area contributed by atoms with E-state index in [9.17, 15) is 8.42 Å². The van der Waals surface area contributed by atoms with Crippen molar-refractivity contribution in [3.05, 3.63) is 53.8 Å². The highest BCUT2D eigenvalue weighted by Gasteiger charge is 2.16. The maximum atomic E-state index is 11.5. The van der Waals surface area contributed by atoms with Gasteiger partial charge in [0.05, 0.1) is 6.54 Å². The molecule has 0 aliphatic heterocycles. The van der Waals surface area contributed by atoms with Crippen LogP contribution in [-0.2, 0) is 16.6 Å². The van der Waals surface area contributed by atoms with Crippen LogP contribution >= 0.6 is 0 Å². The van der Waals surface area contributed by atoms with Crippen LogP contribution in [0.2, 0.25) is 0 Å². The number of nitrogens with one attached hydrogen (secondary N) is 2. The highest BCUT2D eigenvalue weighted by atomic mass is 32.2. The molecule has 0 fully saturated rings. The molecule has 2 aromatic rings. The predicted octanol–water partition coefficient (Wildman–Crippen LogP) is 2.04. The third-order valence-electron chi connectivity index (χ3n) is 3.05. The summed E-state index contributed by atoms with van der Waals surface area (Å²) in [4.78, 5) is 0. The Morgan fingerprint density at radius 3 is 2.50 bits per heavy atom. The summed E-state index contributed by atoms with van der Waals surface area (Å²) in [6.45, 7) is 2.51. The Morgan fingerprint density at radius 2 is 1.85 bits per heavy atom. The molecule has 0 amide bonds. The minimum atomic E-state index is -3.51. The van der Waals surface area contributed by atoms with Gasteiger partial charge in [0.2, 0.25) is 5.09 Å². The summed E-state index contributed by atoms with van der Waals surface area (Å²) in [6, 6.07) is 13.3. The molecule has 0 spiro atoms. The summed E-state index contributed by atoms with van der Waals surface area (Å²) in [5.74, 6) is 0.585. The average molecular weight is 294 g/mol. The first-order valence-electron chi connectivity index (χ1n) is 6.33. The lowest BCUT2D eigenvalue weighted by atomic mass is 10.1. The molecule has 2 rings (SSSR count). The van der Waals surface area contributed by atoms with E-state index in [0.29, 0.717) is 12.3 Å². The molecule has 0 aliphatic carbocycles. The molecular formula is C14H18N2O3S. The summed E-state index contributed by atoms with van der Waals surface area (Å²) < 4.78 is 30.6. The Kier molecular flexibility index (Phi) is 4.59. The lowest BCUT2D eigenvalue weighted by molar-refractivity contribution is 0.392. The van der Waals surface area contributed by atoms with Crippen LogP contribution in [0.1, 0.15) is 24.3 Å². The molecule has 0 aliphatic rings. The third-order valence-corrected chi connectivity index (χ3v) is 4.34. The number of rotatable bonds is 6. The lowest BCUT2D eigenvalue weighted by Gasteiger charge is -2.12. The first-order chi connectivity index (χ1) is 9.53. The van der Waals surface area contributed by atoms with Crippen molar-refractivity contribution in [2.45, 2.75) is 24.6 Å². The van der Waals surface area contributed by atoms with E-state index in [2.05, 4.69) is 10.0 Å². The van der Waals surface area contributed by atoms with E-state index in [1.165, 1.54) is 18.7 Å². The number of benzene rings is 1. The Hall–Kier alpha value is -1.63. The normalized spacial score (nSPS) is 13.3. The minimum absolute atomic E-state index is 0.0656. The van der Waals surface area contributed by atoms with Crippen molar-refractivity contribution < 1.29 is 12.8 Å². The maximum absolute atomic E-state index is 11.5. The molecule has 0 radical (unpaired) electrons. The highest BCUT2D eigenvalue weighted by molar-refractivity contribution is 7.89. The SMILES string of the molecule is CNS(=O)(=O)c1ccc(CNC(C)c2ccccc2)o1. The zero-order valence-electron chi connectivity index (χ0n) is 11.5. The van der Waals surface area contributed by atoms with E-state index in [1.807, 2.05) is 37.3 Å². The molecule has 1 aromatic heterocycles. The van der Waals surface area contributed by atoms with Gasteiger partial charge in [0.15, 0.2) is 0 Å². The standard InChI is InChI=1S/C14H18N2O3S/c1-11(12-6-4-3-5-7-12)16-10-13-8-9-14(19-13)20(17,18)15-2/h3-9,11,15-16H,10H2,1-2H3. The number of hydrogen-bond acceptors (Lipinski definition) is 4. The van der Waals surface area contributed by atoms with Gasteiger partial charge >= 0.3 is 0 Å². The van der Waals surface area contributed by atoms with Gasteiger partial charge in [-0.3, -0.25) is 0 Å². The van der Waals surface area contributed by atoms with E-state index >= 15 is 0 Å². The summed E-state index contributed by atoms with van der Waals surface area (Å²) in [6.07, 6.45) is 0.